The number of para-hydroxylation sites is 2. The number of anilines is 1. The number of sulfonamides is 1. The second-order valence-corrected chi connectivity index (χ2v) is 9.37. The maximum atomic E-state index is 12.8. The molecule has 5 rings (SSSR count). The van der Waals surface area contributed by atoms with E-state index in [2.05, 4.69) is 9.82 Å². The number of nitrogens with one attached hydrogen (secondary N) is 1. The molecule has 0 unspecified atom stereocenters. The summed E-state index contributed by atoms with van der Waals surface area (Å²) in [6.45, 7) is 0.863. The minimum absolute atomic E-state index is 0.204. The first-order chi connectivity index (χ1) is 14.6. The Morgan fingerprint density at radius 1 is 1.07 bits per heavy atom. The van der Waals surface area contributed by atoms with Crippen molar-refractivity contribution in [2.45, 2.75) is 43.2 Å². The number of aromatic nitrogens is 2. The van der Waals surface area contributed by atoms with E-state index in [4.69, 9.17) is 9.47 Å². The van der Waals surface area contributed by atoms with E-state index in [1.165, 1.54) is 11.8 Å². The van der Waals surface area contributed by atoms with Crippen LogP contribution in [0.15, 0.2) is 59.8 Å². The summed E-state index contributed by atoms with van der Waals surface area (Å²) in [6, 6.07) is 12.9. The lowest BCUT2D eigenvalue weighted by Gasteiger charge is -2.26. The lowest BCUT2D eigenvalue weighted by molar-refractivity contribution is 0.0759. The van der Waals surface area contributed by atoms with Gasteiger partial charge in [-0.15, -0.1) is 0 Å². The highest BCUT2D eigenvalue weighted by molar-refractivity contribution is 7.92. The predicted octanol–water partition coefficient (Wildman–Crippen LogP) is 3.40. The molecule has 0 amide bonds. The molecule has 2 heterocycles. The maximum absolute atomic E-state index is 12.8. The summed E-state index contributed by atoms with van der Waals surface area (Å²) in [6.07, 6.45) is 7.19. The molecule has 2 aliphatic rings. The third kappa shape index (κ3) is 3.87. The van der Waals surface area contributed by atoms with Gasteiger partial charge >= 0.3 is 0 Å². The fourth-order valence-electron chi connectivity index (χ4n) is 3.97. The van der Waals surface area contributed by atoms with Crippen molar-refractivity contribution in [1.82, 2.24) is 9.78 Å². The van der Waals surface area contributed by atoms with E-state index < -0.39 is 10.0 Å². The van der Waals surface area contributed by atoms with Gasteiger partial charge in [0.1, 0.15) is 6.61 Å². The minimum Gasteiger partial charge on any atom is -0.486 e. The molecule has 2 aromatic carbocycles. The van der Waals surface area contributed by atoms with E-state index in [0.29, 0.717) is 24.6 Å². The Hall–Kier alpha value is -3.00. The van der Waals surface area contributed by atoms with Gasteiger partial charge in [-0.05, 0) is 61.1 Å². The van der Waals surface area contributed by atoms with E-state index in [-0.39, 0.29) is 11.0 Å². The predicted molar refractivity (Wildman–Crippen MR) is 112 cm³/mol. The zero-order valence-corrected chi connectivity index (χ0v) is 17.3. The maximum Gasteiger partial charge on any atom is 0.262 e. The van der Waals surface area contributed by atoms with E-state index in [1.54, 1.807) is 23.0 Å². The average molecular weight is 426 g/mol. The Kier molecular flexibility index (Phi) is 4.86. The van der Waals surface area contributed by atoms with Gasteiger partial charge in [0.25, 0.3) is 10.0 Å². The van der Waals surface area contributed by atoms with Crippen LogP contribution < -0.4 is 14.2 Å². The van der Waals surface area contributed by atoms with Crippen LogP contribution in [0.3, 0.4) is 0 Å². The summed E-state index contributed by atoms with van der Waals surface area (Å²) < 4.78 is 41.6. The van der Waals surface area contributed by atoms with E-state index in [0.717, 1.165) is 37.0 Å². The molecule has 0 radical (unpaired) electrons. The van der Waals surface area contributed by atoms with E-state index in [1.807, 2.05) is 30.3 Å². The molecule has 1 aliphatic heterocycles. The first-order valence-corrected chi connectivity index (χ1v) is 11.6. The number of hydrogen-bond donors (Lipinski definition) is 1. The first-order valence-electron chi connectivity index (χ1n) is 10.1. The SMILES string of the molecule is O=S(=O)(Nc1cnn(C[C@@H]2COc3ccccc3O2)c1)c1ccc2c(c1)CCCC2. The Balaban J connectivity index is 1.27. The topological polar surface area (TPSA) is 82.5 Å². The zero-order chi connectivity index (χ0) is 20.6. The largest absolute Gasteiger partial charge is 0.486 e. The molecule has 7 nitrogen and oxygen atoms in total. The van der Waals surface area contributed by atoms with Gasteiger partial charge in [0, 0.05) is 6.20 Å². The van der Waals surface area contributed by atoms with Crippen molar-refractivity contribution < 1.29 is 17.9 Å². The summed E-state index contributed by atoms with van der Waals surface area (Å²) in [4.78, 5) is 0.288. The zero-order valence-electron chi connectivity index (χ0n) is 16.5. The molecule has 0 bridgehead atoms. The molecular formula is C22H23N3O4S. The van der Waals surface area contributed by atoms with Gasteiger partial charge < -0.3 is 9.47 Å². The van der Waals surface area contributed by atoms with Gasteiger partial charge in [-0.25, -0.2) is 8.42 Å². The van der Waals surface area contributed by atoms with Crippen LogP contribution in [0.1, 0.15) is 24.0 Å². The Morgan fingerprint density at radius 2 is 1.87 bits per heavy atom. The first kappa shape index (κ1) is 19.0. The second kappa shape index (κ2) is 7.68. The fraction of sp³-hybridized carbons (Fsp3) is 0.318. The van der Waals surface area contributed by atoms with Crippen LogP contribution in [-0.4, -0.2) is 30.9 Å². The van der Waals surface area contributed by atoms with Crippen LogP contribution in [0, 0.1) is 0 Å². The van der Waals surface area contributed by atoms with Crippen LogP contribution in [0.4, 0.5) is 5.69 Å². The Labute approximate surface area is 175 Å². The molecule has 0 fully saturated rings. The highest BCUT2D eigenvalue weighted by Crippen LogP contribution is 2.31. The van der Waals surface area contributed by atoms with Crippen LogP contribution >= 0.6 is 0 Å². The van der Waals surface area contributed by atoms with Crippen molar-refractivity contribution in [3.8, 4) is 11.5 Å². The summed E-state index contributed by atoms with van der Waals surface area (Å²) >= 11 is 0. The highest BCUT2D eigenvalue weighted by atomic mass is 32.2. The summed E-state index contributed by atoms with van der Waals surface area (Å²) in [5.74, 6) is 1.43. The van der Waals surface area contributed by atoms with Gasteiger partial charge in [-0.3, -0.25) is 9.40 Å². The highest BCUT2D eigenvalue weighted by Gasteiger charge is 2.22. The molecule has 0 saturated heterocycles. The number of benzene rings is 2. The standard InChI is InChI=1S/C22H23N3O4S/c26-30(27,20-10-9-16-5-1-2-6-17(16)11-20)24-18-12-23-25(13-18)14-19-15-28-21-7-3-4-8-22(21)29-19/h3-4,7-13,19,24H,1-2,5-6,14-15H2/t19-/m1/s1. The lowest BCUT2D eigenvalue weighted by Crippen LogP contribution is -2.33. The number of hydrogen-bond acceptors (Lipinski definition) is 5. The van der Waals surface area contributed by atoms with Crippen molar-refractivity contribution in [1.29, 1.82) is 0 Å². The van der Waals surface area contributed by atoms with Gasteiger partial charge in [0.15, 0.2) is 17.6 Å². The third-order valence-electron chi connectivity index (χ3n) is 5.47. The molecule has 1 aliphatic carbocycles. The number of aryl methyl sites for hydroxylation is 2. The number of nitrogens with zero attached hydrogens (tertiary/aromatic N) is 2. The van der Waals surface area contributed by atoms with Crippen molar-refractivity contribution >= 4 is 15.7 Å². The summed E-state index contributed by atoms with van der Waals surface area (Å²) in [5, 5.41) is 4.27. The Morgan fingerprint density at radius 3 is 2.73 bits per heavy atom. The number of fused-ring (bicyclic) bond motifs is 2. The molecule has 1 aromatic heterocycles. The minimum atomic E-state index is -3.67. The quantitative estimate of drug-likeness (QED) is 0.678. The van der Waals surface area contributed by atoms with Gasteiger partial charge in [0.2, 0.25) is 0 Å². The smallest absolute Gasteiger partial charge is 0.262 e. The van der Waals surface area contributed by atoms with Crippen LogP contribution in [0.2, 0.25) is 0 Å². The molecule has 1 atom stereocenters. The van der Waals surface area contributed by atoms with Crippen molar-refractivity contribution in [3.05, 3.63) is 66.0 Å². The number of ether oxygens (including phenoxy) is 2. The van der Waals surface area contributed by atoms with Crippen LogP contribution in [0.5, 0.6) is 11.5 Å². The lowest BCUT2D eigenvalue weighted by atomic mass is 9.92. The fourth-order valence-corrected chi connectivity index (χ4v) is 5.05. The van der Waals surface area contributed by atoms with Crippen LogP contribution in [0.25, 0.3) is 0 Å². The van der Waals surface area contributed by atoms with E-state index >= 15 is 0 Å². The second-order valence-electron chi connectivity index (χ2n) is 7.69. The molecule has 0 saturated carbocycles. The summed E-state index contributed by atoms with van der Waals surface area (Å²) in [5.41, 5.74) is 2.81. The molecule has 8 heteroatoms. The van der Waals surface area contributed by atoms with Crippen molar-refractivity contribution in [2.24, 2.45) is 0 Å². The number of rotatable bonds is 5. The third-order valence-corrected chi connectivity index (χ3v) is 6.85. The molecular weight excluding hydrogens is 402 g/mol. The molecule has 0 spiro atoms. The van der Waals surface area contributed by atoms with Gasteiger partial charge in [0.05, 0.1) is 23.3 Å². The van der Waals surface area contributed by atoms with Gasteiger partial charge in [-0.2, -0.15) is 5.10 Å². The monoisotopic (exact) mass is 425 g/mol. The van der Waals surface area contributed by atoms with Crippen molar-refractivity contribution in [2.75, 3.05) is 11.3 Å². The molecule has 3 aromatic rings. The molecule has 1 N–H and O–H groups in total. The molecule has 156 valence electrons. The molecule has 30 heavy (non-hydrogen) atoms. The average Bonchev–Trinajstić information content (AvgIpc) is 3.19. The van der Waals surface area contributed by atoms with E-state index in [9.17, 15) is 8.42 Å². The van der Waals surface area contributed by atoms with Crippen LogP contribution in [-0.2, 0) is 29.4 Å². The van der Waals surface area contributed by atoms with Crippen molar-refractivity contribution in [3.63, 3.8) is 0 Å². The summed E-state index contributed by atoms with van der Waals surface area (Å²) in [7, 11) is -3.67. The normalized spacial score (nSPS) is 17.9. The Bertz CT molecular complexity index is 1170. The van der Waals surface area contributed by atoms with Gasteiger partial charge in [-0.1, -0.05) is 18.2 Å².